The lowest BCUT2D eigenvalue weighted by Gasteiger charge is -1.90. The van der Waals surface area contributed by atoms with Gasteiger partial charge in [-0.25, -0.2) is 4.39 Å². The molecule has 0 aromatic rings. The molecule has 0 aliphatic heterocycles. The van der Waals surface area contributed by atoms with Crippen molar-refractivity contribution in [1.82, 2.24) is 0 Å². The third-order valence-electron chi connectivity index (χ3n) is 0.330. The van der Waals surface area contributed by atoms with E-state index in [4.69, 9.17) is 0 Å². The molecule has 0 N–H and O–H groups in total. The van der Waals surface area contributed by atoms with E-state index in [2.05, 4.69) is 4.74 Å². The summed E-state index contributed by atoms with van der Waals surface area (Å²) in [5, 5.41) is 0. The van der Waals surface area contributed by atoms with Crippen LogP contribution in [0.1, 0.15) is 0 Å². The molecular weight excluding hydrogens is 128 g/mol. The highest BCUT2D eigenvalue weighted by Gasteiger charge is 2.03. The van der Waals surface area contributed by atoms with Crippen molar-refractivity contribution in [3.05, 3.63) is 12.1 Å². The summed E-state index contributed by atoms with van der Waals surface area (Å²) in [4.78, 5) is 0. The molecule has 0 atom stereocenters. The van der Waals surface area contributed by atoms with Crippen LogP contribution in [0.25, 0.3) is 0 Å². The van der Waals surface area contributed by atoms with E-state index in [1.165, 1.54) is 0 Å². The van der Waals surface area contributed by atoms with Crippen LogP contribution in [-0.4, -0.2) is 6.86 Å². The normalized spacial score (nSPS) is 8.50. The van der Waals surface area contributed by atoms with E-state index in [1.807, 2.05) is 0 Å². The average molecular weight is 130 g/mol. The quantitative estimate of drug-likeness (QED) is 0.410. The molecule has 0 spiro atoms. The standard InChI is InChI=1S/C3H2F4O/c4-1-8-3(7)2(5)6/h1H2. The van der Waals surface area contributed by atoms with Crippen LogP contribution in [0.5, 0.6) is 0 Å². The first-order chi connectivity index (χ1) is 3.68. The summed E-state index contributed by atoms with van der Waals surface area (Å²) in [5.41, 5.74) is 0. The number of rotatable bonds is 2. The van der Waals surface area contributed by atoms with Crippen LogP contribution in [-0.2, 0) is 4.74 Å². The van der Waals surface area contributed by atoms with Gasteiger partial charge in [0.05, 0.1) is 0 Å². The molecule has 1 nitrogen and oxygen atoms in total. The van der Waals surface area contributed by atoms with Gasteiger partial charge in [0, 0.05) is 0 Å². The first-order valence-electron chi connectivity index (χ1n) is 1.58. The van der Waals surface area contributed by atoms with E-state index in [9.17, 15) is 17.6 Å². The van der Waals surface area contributed by atoms with Crippen molar-refractivity contribution in [2.24, 2.45) is 0 Å². The zero-order valence-electron chi connectivity index (χ0n) is 3.63. The molecule has 0 fully saturated rings. The SMILES string of the molecule is FCOC(F)=C(F)F. The Morgan fingerprint density at radius 1 is 1.25 bits per heavy atom. The average Bonchev–Trinajstić information content (AvgIpc) is 1.67. The summed E-state index contributed by atoms with van der Waals surface area (Å²) in [7, 11) is 0. The van der Waals surface area contributed by atoms with E-state index >= 15 is 0 Å². The molecule has 48 valence electrons. The number of hydrogen-bond donors (Lipinski definition) is 0. The Labute approximate surface area is 42.6 Å². The third kappa shape index (κ3) is 2.44. The second-order valence-corrected chi connectivity index (χ2v) is 0.788. The van der Waals surface area contributed by atoms with Gasteiger partial charge >= 0.3 is 12.1 Å². The van der Waals surface area contributed by atoms with Crippen molar-refractivity contribution in [3.63, 3.8) is 0 Å². The van der Waals surface area contributed by atoms with Crippen molar-refractivity contribution in [2.75, 3.05) is 6.86 Å². The molecule has 5 heteroatoms. The molecule has 0 amide bonds. The van der Waals surface area contributed by atoms with Crippen LogP contribution in [0.4, 0.5) is 17.6 Å². The van der Waals surface area contributed by atoms with Gasteiger partial charge < -0.3 is 4.74 Å². The number of ether oxygens (including phenoxy) is 1. The number of halogens is 4. The minimum absolute atomic E-state index is 1.58. The summed E-state index contributed by atoms with van der Waals surface area (Å²) < 4.78 is 46.7. The Morgan fingerprint density at radius 2 is 1.75 bits per heavy atom. The fraction of sp³-hybridized carbons (Fsp3) is 0.333. The van der Waals surface area contributed by atoms with Gasteiger partial charge in [0.1, 0.15) is 0 Å². The van der Waals surface area contributed by atoms with Crippen molar-refractivity contribution in [2.45, 2.75) is 0 Å². The van der Waals surface area contributed by atoms with Crippen molar-refractivity contribution in [3.8, 4) is 0 Å². The molecule has 0 heterocycles. The fourth-order valence-electron chi connectivity index (χ4n) is 0.102. The third-order valence-corrected chi connectivity index (χ3v) is 0.330. The van der Waals surface area contributed by atoms with E-state index < -0.39 is 19.0 Å². The van der Waals surface area contributed by atoms with Gasteiger partial charge in [0.15, 0.2) is 0 Å². The summed E-state index contributed by atoms with van der Waals surface area (Å²) in [6, 6.07) is -2.16. The maximum absolute atomic E-state index is 11.2. The molecule has 0 aliphatic carbocycles. The Kier molecular flexibility index (Phi) is 2.98. The van der Waals surface area contributed by atoms with Gasteiger partial charge in [-0.05, 0) is 0 Å². The monoisotopic (exact) mass is 130 g/mol. The molecule has 0 unspecified atom stereocenters. The van der Waals surface area contributed by atoms with Gasteiger partial charge in [-0.2, -0.15) is 13.2 Å². The zero-order valence-corrected chi connectivity index (χ0v) is 3.63. The minimum atomic E-state index is -2.65. The second-order valence-electron chi connectivity index (χ2n) is 0.788. The smallest absolute Gasteiger partial charge is 0.342 e. The lowest BCUT2D eigenvalue weighted by atomic mass is 11.0. The van der Waals surface area contributed by atoms with Crippen LogP contribution < -0.4 is 0 Å². The highest BCUT2D eigenvalue weighted by molar-refractivity contribution is 4.79. The van der Waals surface area contributed by atoms with E-state index in [0.717, 1.165) is 0 Å². The van der Waals surface area contributed by atoms with Crippen LogP contribution >= 0.6 is 0 Å². The van der Waals surface area contributed by atoms with Crippen LogP contribution in [0, 0.1) is 0 Å². The van der Waals surface area contributed by atoms with E-state index in [-0.39, 0.29) is 0 Å². The van der Waals surface area contributed by atoms with E-state index in [0.29, 0.717) is 0 Å². The molecule has 0 rings (SSSR count). The predicted molar refractivity (Wildman–Crippen MR) is 17.4 cm³/mol. The van der Waals surface area contributed by atoms with Crippen LogP contribution in [0.2, 0.25) is 0 Å². The van der Waals surface area contributed by atoms with Crippen LogP contribution in [0.15, 0.2) is 12.1 Å². The minimum Gasteiger partial charge on any atom is -0.435 e. The second kappa shape index (κ2) is 3.29. The summed E-state index contributed by atoms with van der Waals surface area (Å²) >= 11 is 0. The summed E-state index contributed by atoms with van der Waals surface area (Å²) in [6.07, 6.45) is -2.65. The molecule has 0 bridgehead atoms. The molecule has 8 heavy (non-hydrogen) atoms. The fourth-order valence-corrected chi connectivity index (χ4v) is 0.102. The molecule has 0 saturated heterocycles. The van der Waals surface area contributed by atoms with Crippen LogP contribution in [0.3, 0.4) is 0 Å². The van der Waals surface area contributed by atoms with Crippen molar-refractivity contribution >= 4 is 0 Å². The first-order valence-corrected chi connectivity index (χ1v) is 1.58. The molecule has 0 saturated carbocycles. The highest BCUT2D eigenvalue weighted by atomic mass is 19.3. The maximum atomic E-state index is 11.2. The Hall–Kier alpha value is -0.740. The molecule has 0 aromatic carbocycles. The Bertz CT molecular complexity index is 95.5. The van der Waals surface area contributed by atoms with Crippen molar-refractivity contribution in [1.29, 1.82) is 0 Å². The van der Waals surface area contributed by atoms with Gasteiger partial charge in [-0.1, -0.05) is 0 Å². The Balaban J connectivity index is 3.62. The van der Waals surface area contributed by atoms with Gasteiger partial charge in [0.25, 0.3) is 0 Å². The molecule has 0 aromatic heterocycles. The Morgan fingerprint density at radius 3 is 1.88 bits per heavy atom. The van der Waals surface area contributed by atoms with Crippen molar-refractivity contribution < 1.29 is 22.3 Å². The lowest BCUT2D eigenvalue weighted by molar-refractivity contribution is 0.0563. The van der Waals surface area contributed by atoms with Gasteiger partial charge in [0.2, 0.25) is 6.86 Å². The summed E-state index contributed by atoms with van der Waals surface area (Å²) in [5.74, 6) is 0. The summed E-state index contributed by atoms with van der Waals surface area (Å²) in [6.45, 7) is -1.58. The topological polar surface area (TPSA) is 9.23 Å². The predicted octanol–water partition coefficient (Wildman–Crippen LogP) is 1.97. The van der Waals surface area contributed by atoms with Gasteiger partial charge in [-0.3, -0.25) is 0 Å². The number of hydrogen-bond acceptors (Lipinski definition) is 1. The first kappa shape index (κ1) is 7.26. The number of alkyl halides is 1. The van der Waals surface area contributed by atoms with Gasteiger partial charge in [-0.15, -0.1) is 0 Å². The molecule has 0 aliphatic rings. The zero-order chi connectivity index (χ0) is 6.57. The highest BCUT2D eigenvalue weighted by Crippen LogP contribution is 2.09. The largest absolute Gasteiger partial charge is 0.435 e. The lowest BCUT2D eigenvalue weighted by Crippen LogP contribution is -1.83. The van der Waals surface area contributed by atoms with E-state index in [1.54, 1.807) is 0 Å². The maximum Gasteiger partial charge on any atom is 0.342 e. The molecule has 0 radical (unpaired) electrons. The molecular formula is C3H2F4O.